The molecule has 1 heterocycles. The Bertz CT molecular complexity index is 1470. The van der Waals surface area contributed by atoms with Crippen LogP contribution < -0.4 is 0 Å². The fourth-order valence-corrected chi connectivity index (χ4v) is 4.64. The molecule has 0 radical (unpaired) electrons. The number of hydrogen-bond donors (Lipinski definition) is 0. The van der Waals surface area contributed by atoms with Crippen molar-refractivity contribution in [1.82, 2.24) is 14.4 Å². The molecule has 0 aliphatic rings. The highest BCUT2D eigenvalue weighted by molar-refractivity contribution is 6.30. The molecule has 0 fully saturated rings. The van der Waals surface area contributed by atoms with E-state index in [0.717, 1.165) is 23.4 Å². The molecule has 0 unspecified atom stereocenters. The van der Waals surface area contributed by atoms with Crippen LogP contribution in [-0.4, -0.2) is 53.0 Å². The van der Waals surface area contributed by atoms with Crippen LogP contribution in [0.3, 0.4) is 0 Å². The summed E-state index contributed by atoms with van der Waals surface area (Å²) in [5.41, 5.74) is 1.81. The number of benzene rings is 3. The van der Waals surface area contributed by atoms with Crippen molar-refractivity contribution >= 4 is 23.4 Å². The van der Waals surface area contributed by atoms with E-state index in [9.17, 15) is 22.8 Å². The first-order chi connectivity index (χ1) is 20.1. The quantitative estimate of drug-likeness (QED) is 0.187. The Labute approximate surface area is 247 Å². The van der Waals surface area contributed by atoms with Gasteiger partial charge in [0.05, 0.1) is 18.7 Å². The number of alkyl halides is 3. The highest BCUT2D eigenvalue weighted by atomic mass is 35.5. The topological polar surface area (TPSA) is 54.8 Å². The minimum atomic E-state index is -4.44. The fourth-order valence-electron chi connectivity index (χ4n) is 4.51. The second kappa shape index (κ2) is 14.2. The number of methoxy groups -OCH3 is 1. The predicted octanol–water partition coefficient (Wildman–Crippen LogP) is 6.53. The summed E-state index contributed by atoms with van der Waals surface area (Å²) in [6.07, 6.45) is -2.66. The number of aromatic nitrogens is 1. The average molecular weight is 598 g/mol. The summed E-state index contributed by atoms with van der Waals surface area (Å²) in [5, 5.41) is 0.494. The van der Waals surface area contributed by atoms with Gasteiger partial charge in [0.25, 0.3) is 5.91 Å². The number of amides is 2. The molecule has 0 N–H and O–H groups in total. The Balaban J connectivity index is 1.57. The largest absolute Gasteiger partial charge is 0.416 e. The lowest BCUT2D eigenvalue weighted by Gasteiger charge is -2.28. The van der Waals surface area contributed by atoms with Gasteiger partial charge in [-0.15, -0.1) is 0 Å². The van der Waals surface area contributed by atoms with E-state index >= 15 is 0 Å². The molecule has 6 nitrogen and oxygen atoms in total. The SMILES string of the molecule is COCCN(CC(=O)N(Cc1ccccc1)Cc1cccn1Cc1cccc(C(F)(F)F)c1)C(=O)c1ccc(Cl)cc1. The molecule has 2 amide bonds. The zero-order valence-electron chi connectivity index (χ0n) is 23.1. The maximum absolute atomic E-state index is 13.8. The summed E-state index contributed by atoms with van der Waals surface area (Å²) in [6, 6.07) is 24.7. The van der Waals surface area contributed by atoms with Crippen LogP contribution in [0, 0.1) is 0 Å². The molecule has 4 rings (SSSR count). The molecule has 0 saturated heterocycles. The molecule has 0 bridgehead atoms. The van der Waals surface area contributed by atoms with Crippen LogP contribution in [0.25, 0.3) is 0 Å². The first-order valence-electron chi connectivity index (χ1n) is 13.3. The van der Waals surface area contributed by atoms with Crippen LogP contribution in [0.2, 0.25) is 5.02 Å². The van der Waals surface area contributed by atoms with E-state index in [2.05, 4.69) is 0 Å². The van der Waals surface area contributed by atoms with Crippen molar-refractivity contribution in [2.45, 2.75) is 25.8 Å². The smallest absolute Gasteiger partial charge is 0.383 e. The summed E-state index contributed by atoms with van der Waals surface area (Å²) in [7, 11) is 1.52. The summed E-state index contributed by atoms with van der Waals surface area (Å²) >= 11 is 5.98. The molecule has 0 saturated carbocycles. The van der Waals surface area contributed by atoms with E-state index in [0.29, 0.717) is 16.1 Å². The molecular formula is C32H31ClF3N3O3. The standard InChI is InChI=1S/C32H31ClF3N3O3/c1-42-18-17-38(31(41)26-12-14-28(33)15-13-26)23-30(40)39(20-24-7-3-2-4-8-24)22-29-11-6-16-37(29)21-25-9-5-10-27(19-25)32(34,35)36/h2-16,19H,17-18,20-23H2,1H3. The average Bonchev–Trinajstić information content (AvgIpc) is 3.41. The maximum atomic E-state index is 13.8. The third-order valence-electron chi connectivity index (χ3n) is 6.72. The monoisotopic (exact) mass is 597 g/mol. The van der Waals surface area contributed by atoms with Crippen LogP contribution in [0.5, 0.6) is 0 Å². The Morgan fingerprint density at radius 2 is 1.57 bits per heavy atom. The van der Waals surface area contributed by atoms with Gasteiger partial charge in [-0.2, -0.15) is 13.2 Å². The van der Waals surface area contributed by atoms with Crippen LogP contribution in [-0.2, 0) is 35.3 Å². The Morgan fingerprint density at radius 3 is 2.26 bits per heavy atom. The van der Waals surface area contributed by atoms with Gasteiger partial charge in [-0.1, -0.05) is 54.1 Å². The number of carbonyl (C=O) groups is 2. The van der Waals surface area contributed by atoms with Gasteiger partial charge in [-0.25, -0.2) is 0 Å². The van der Waals surface area contributed by atoms with E-state index in [4.69, 9.17) is 16.3 Å². The van der Waals surface area contributed by atoms with Gasteiger partial charge in [0.15, 0.2) is 0 Å². The molecule has 0 spiro atoms. The number of rotatable bonds is 12. The van der Waals surface area contributed by atoms with E-state index in [1.165, 1.54) is 18.1 Å². The third kappa shape index (κ3) is 8.47. The predicted molar refractivity (Wildman–Crippen MR) is 155 cm³/mol. The Kier molecular flexibility index (Phi) is 10.4. The van der Waals surface area contributed by atoms with Crippen LogP contribution in [0.15, 0.2) is 97.2 Å². The van der Waals surface area contributed by atoms with Gasteiger partial charge >= 0.3 is 6.18 Å². The van der Waals surface area contributed by atoms with Crippen molar-refractivity contribution in [2.75, 3.05) is 26.8 Å². The van der Waals surface area contributed by atoms with Crippen LogP contribution in [0.4, 0.5) is 13.2 Å². The Morgan fingerprint density at radius 1 is 0.857 bits per heavy atom. The van der Waals surface area contributed by atoms with Crippen LogP contribution >= 0.6 is 11.6 Å². The van der Waals surface area contributed by atoms with Crippen LogP contribution in [0.1, 0.15) is 32.7 Å². The maximum Gasteiger partial charge on any atom is 0.416 e. The van der Waals surface area contributed by atoms with Gasteiger partial charge in [-0.3, -0.25) is 9.59 Å². The minimum absolute atomic E-state index is 0.187. The number of halogens is 4. The van der Waals surface area contributed by atoms with Gasteiger partial charge in [-0.05, 0) is 59.7 Å². The molecule has 1 aromatic heterocycles. The molecule has 4 aromatic rings. The normalized spacial score (nSPS) is 11.4. The lowest BCUT2D eigenvalue weighted by Crippen LogP contribution is -2.44. The van der Waals surface area contributed by atoms with E-state index in [1.807, 2.05) is 41.0 Å². The fraction of sp³-hybridized carbons (Fsp3) is 0.250. The first kappa shape index (κ1) is 30.9. The van der Waals surface area contributed by atoms with Crippen molar-refractivity contribution in [3.8, 4) is 0 Å². The van der Waals surface area contributed by atoms with Gasteiger partial charge in [0.1, 0.15) is 6.54 Å². The van der Waals surface area contributed by atoms with Gasteiger partial charge < -0.3 is 19.1 Å². The molecule has 0 aliphatic heterocycles. The van der Waals surface area contributed by atoms with Crippen molar-refractivity contribution in [2.24, 2.45) is 0 Å². The summed E-state index contributed by atoms with van der Waals surface area (Å²) in [4.78, 5) is 30.2. The molecule has 42 heavy (non-hydrogen) atoms. The minimum Gasteiger partial charge on any atom is -0.383 e. The van der Waals surface area contributed by atoms with Gasteiger partial charge in [0.2, 0.25) is 5.91 Å². The molecular weight excluding hydrogens is 567 g/mol. The summed E-state index contributed by atoms with van der Waals surface area (Å²) in [6.45, 7) is 0.926. The van der Waals surface area contributed by atoms with Crippen molar-refractivity contribution in [3.05, 3.63) is 130 Å². The lowest BCUT2D eigenvalue weighted by molar-refractivity contribution is -0.137. The molecule has 0 aliphatic carbocycles. The zero-order chi connectivity index (χ0) is 30.1. The molecule has 220 valence electrons. The number of carbonyl (C=O) groups excluding carboxylic acids is 2. The van der Waals surface area contributed by atoms with Gasteiger partial charge in [0, 0.05) is 49.2 Å². The van der Waals surface area contributed by atoms with Crippen molar-refractivity contribution < 1.29 is 27.5 Å². The zero-order valence-corrected chi connectivity index (χ0v) is 23.8. The molecule has 10 heteroatoms. The highest BCUT2D eigenvalue weighted by Crippen LogP contribution is 2.30. The second-order valence-corrected chi connectivity index (χ2v) is 10.2. The number of hydrogen-bond acceptors (Lipinski definition) is 3. The number of ether oxygens (including phenoxy) is 1. The lowest BCUT2D eigenvalue weighted by atomic mass is 10.1. The van der Waals surface area contributed by atoms with E-state index in [1.54, 1.807) is 47.5 Å². The van der Waals surface area contributed by atoms with Crippen molar-refractivity contribution in [1.29, 1.82) is 0 Å². The number of nitrogens with zero attached hydrogens (tertiary/aromatic N) is 3. The molecule has 0 atom stereocenters. The summed E-state index contributed by atoms with van der Waals surface area (Å²) in [5.74, 6) is -0.617. The van der Waals surface area contributed by atoms with E-state index < -0.39 is 11.7 Å². The highest BCUT2D eigenvalue weighted by Gasteiger charge is 2.30. The second-order valence-electron chi connectivity index (χ2n) is 9.79. The first-order valence-corrected chi connectivity index (χ1v) is 13.7. The third-order valence-corrected chi connectivity index (χ3v) is 6.97. The Hall–Kier alpha value is -4.08. The van der Waals surface area contributed by atoms with E-state index in [-0.39, 0.29) is 51.1 Å². The van der Waals surface area contributed by atoms with Crippen molar-refractivity contribution in [3.63, 3.8) is 0 Å². The molecule has 3 aromatic carbocycles. The summed E-state index contributed by atoms with van der Waals surface area (Å²) < 4.78 is 46.8.